The molecule has 0 bridgehead atoms. The summed E-state index contributed by atoms with van der Waals surface area (Å²) in [5, 5.41) is 11.7. The van der Waals surface area contributed by atoms with E-state index in [2.05, 4.69) is 62.9 Å². The van der Waals surface area contributed by atoms with E-state index in [-0.39, 0.29) is 24.0 Å². The summed E-state index contributed by atoms with van der Waals surface area (Å²) in [5.41, 5.74) is 4.47. The molecule has 2 N–H and O–H groups in total. The van der Waals surface area contributed by atoms with Crippen molar-refractivity contribution in [1.82, 2.24) is 25.3 Å². The van der Waals surface area contributed by atoms with Crippen LogP contribution in [0, 0.1) is 13.8 Å². The summed E-state index contributed by atoms with van der Waals surface area (Å²) in [5.74, 6) is 0.857. The zero-order valence-corrected chi connectivity index (χ0v) is 21.6. The number of hydrogen-bond acceptors (Lipinski definition) is 4. The Bertz CT molecular complexity index is 829. The highest BCUT2D eigenvalue weighted by atomic mass is 127. The molecule has 1 aliphatic rings. The number of benzene rings is 1. The van der Waals surface area contributed by atoms with Crippen molar-refractivity contribution in [2.75, 3.05) is 40.4 Å². The SMILES string of the molecule is CN=C(NCc1ccccc1-n1nc(C)cc1C)NC1CCN(CCCOC)CC1.I. The van der Waals surface area contributed by atoms with Crippen molar-refractivity contribution in [2.45, 2.75) is 45.7 Å². The maximum atomic E-state index is 5.16. The molecule has 8 heteroatoms. The van der Waals surface area contributed by atoms with Gasteiger partial charge in [-0.2, -0.15) is 5.10 Å². The van der Waals surface area contributed by atoms with Crippen molar-refractivity contribution in [1.29, 1.82) is 0 Å². The van der Waals surface area contributed by atoms with Gasteiger partial charge < -0.3 is 20.3 Å². The lowest BCUT2D eigenvalue weighted by atomic mass is 10.1. The molecule has 0 radical (unpaired) electrons. The third-order valence-corrected chi connectivity index (χ3v) is 5.65. The maximum Gasteiger partial charge on any atom is 0.191 e. The Morgan fingerprint density at radius 1 is 1.23 bits per heavy atom. The highest BCUT2D eigenvalue weighted by molar-refractivity contribution is 14.0. The van der Waals surface area contributed by atoms with Gasteiger partial charge in [-0.15, -0.1) is 24.0 Å². The Morgan fingerprint density at radius 2 is 1.97 bits per heavy atom. The Morgan fingerprint density at radius 3 is 2.61 bits per heavy atom. The number of aliphatic imine (C=N–C) groups is 1. The molecule has 0 unspecified atom stereocenters. The van der Waals surface area contributed by atoms with Crippen LogP contribution in [0.15, 0.2) is 35.3 Å². The van der Waals surface area contributed by atoms with Gasteiger partial charge in [0.25, 0.3) is 0 Å². The summed E-state index contributed by atoms with van der Waals surface area (Å²) in [7, 11) is 3.60. The molecule has 3 rings (SSSR count). The van der Waals surface area contributed by atoms with E-state index in [1.807, 2.05) is 18.7 Å². The molecule has 172 valence electrons. The molecule has 7 nitrogen and oxygen atoms in total. The molecule has 0 amide bonds. The number of aromatic nitrogens is 2. The van der Waals surface area contributed by atoms with E-state index in [9.17, 15) is 0 Å². The van der Waals surface area contributed by atoms with Crippen LogP contribution in [0.1, 0.15) is 36.2 Å². The van der Waals surface area contributed by atoms with Crippen molar-refractivity contribution in [3.8, 4) is 5.69 Å². The summed E-state index contributed by atoms with van der Waals surface area (Å²) in [4.78, 5) is 6.97. The molecule has 0 atom stereocenters. The molecular weight excluding hydrogens is 503 g/mol. The number of halogens is 1. The van der Waals surface area contributed by atoms with E-state index in [1.165, 1.54) is 5.56 Å². The van der Waals surface area contributed by atoms with Gasteiger partial charge >= 0.3 is 0 Å². The Labute approximate surface area is 203 Å². The average molecular weight is 540 g/mol. The Balaban J connectivity index is 0.00000341. The predicted molar refractivity (Wildman–Crippen MR) is 138 cm³/mol. The minimum absolute atomic E-state index is 0. The van der Waals surface area contributed by atoms with Crippen molar-refractivity contribution in [3.63, 3.8) is 0 Å². The monoisotopic (exact) mass is 540 g/mol. The summed E-state index contributed by atoms with van der Waals surface area (Å²) in [6, 6.07) is 11.0. The van der Waals surface area contributed by atoms with Gasteiger partial charge in [0.2, 0.25) is 0 Å². The first kappa shape index (κ1) is 25.6. The van der Waals surface area contributed by atoms with Gasteiger partial charge in [0.1, 0.15) is 0 Å². The van der Waals surface area contributed by atoms with Crippen LogP contribution in [0.25, 0.3) is 5.69 Å². The smallest absolute Gasteiger partial charge is 0.191 e. The minimum Gasteiger partial charge on any atom is -0.385 e. The predicted octanol–water partition coefficient (Wildman–Crippen LogP) is 3.27. The molecule has 2 heterocycles. The van der Waals surface area contributed by atoms with Gasteiger partial charge in [0.15, 0.2) is 5.96 Å². The number of piperidine rings is 1. The van der Waals surface area contributed by atoms with E-state index in [0.29, 0.717) is 12.6 Å². The van der Waals surface area contributed by atoms with Crippen molar-refractivity contribution >= 4 is 29.9 Å². The van der Waals surface area contributed by atoms with E-state index in [4.69, 9.17) is 4.74 Å². The van der Waals surface area contributed by atoms with Crippen molar-refractivity contribution in [2.24, 2.45) is 4.99 Å². The average Bonchev–Trinajstić information content (AvgIpc) is 3.10. The fraction of sp³-hybridized carbons (Fsp3) is 0.565. The molecule has 31 heavy (non-hydrogen) atoms. The Kier molecular flexibility index (Phi) is 10.8. The molecule has 2 aromatic rings. The first-order chi connectivity index (χ1) is 14.6. The summed E-state index contributed by atoms with van der Waals surface area (Å²) >= 11 is 0. The fourth-order valence-electron chi connectivity index (χ4n) is 4.04. The number of ether oxygens (including phenoxy) is 1. The molecule has 1 saturated heterocycles. The van der Waals surface area contributed by atoms with Gasteiger partial charge in [-0.05, 0) is 50.8 Å². The zero-order chi connectivity index (χ0) is 21.3. The summed E-state index contributed by atoms with van der Waals surface area (Å²) in [6.07, 6.45) is 3.37. The van der Waals surface area contributed by atoms with Gasteiger partial charge in [-0.25, -0.2) is 4.68 Å². The number of hydrogen-bond donors (Lipinski definition) is 2. The van der Waals surface area contributed by atoms with Gasteiger partial charge in [-0.1, -0.05) is 18.2 Å². The zero-order valence-electron chi connectivity index (χ0n) is 19.2. The molecule has 1 aromatic heterocycles. The summed E-state index contributed by atoms with van der Waals surface area (Å²) < 4.78 is 7.18. The number of rotatable bonds is 8. The molecule has 0 spiro atoms. The van der Waals surface area contributed by atoms with Crippen LogP contribution in [-0.4, -0.2) is 67.1 Å². The molecule has 1 fully saturated rings. The topological polar surface area (TPSA) is 66.7 Å². The largest absolute Gasteiger partial charge is 0.385 e. The van der Waals surface area contributed by atoms with Crippen molar-refractivity contribution in [3.05, 3.63) is 47.3 Å². The van der Waals surface area contributed by atoms with Gasteiger partial charge in [0, 0.05) is 58.7 Å². The van der Waals surface area contributed by atoms with Crippen LogP contribution in [0.2, 0.25) is 0 Å². The van der Waals surface area contributed by atoms with E-state index in [0.717, 1.165) is 68.5 Å². The van der Waals surface area contributed by atoms with Crippen molar-refractivity contribution < 1.29 is 4.74 Å². The quantitative estimate of drug-likeness (QED) is 0.233. The van der Waals surface area contributed by atoms with Crippen LogP contribution < -0.4 is 10.6 Å². The number of methoxy groups -OCH3 is 1. The van der Waals surface area contributed by atoms with Crippen LogP contribution in [0.3, 0.4) is 0 Å². The van der Waals surface area contributed by atoms with E-state index >= 15 is 0 Å². The van der Waals surface area contributed by atoms with E-state index in [1.54, 1.807) is 7.11 Å². The second-order valence-electron chi connectivity index (χ2n) is 8.00. The third kappa shape index (κ3) is 7.47. The number of guanidine groups is 1. The minimum atomic E-state index is 0. The first-order valence-electron chi connectivity index (χ1n) is 10.9. The molecular formula is C23H37IN6O. The number of nitrogens with one attached hydrogen (secondary N) is 2. The highest BCUT2D eigenvalue weighted by Crippen LogP contribution is 2.17. The normalized spacial score (nSPS) is 15.5. The lowest BCUT2D eigenvalue weighted by Gasteiger charge is -2.33. The molecule has 0 aliphatic carbocycles. The maximum absolute atomic E-state index is 5.16. The lowest BCUT2D eigenvalue weighted by Crippen LogP contribution is -2.48. The standard InChI is InChI=1S/C23H36N6O.HI/c1-18-16-19(2)29(27-18)22-9-6-5-8-20(22)17-25-23(24-3)26-21-10-13-28(14-11-21)12-7-15-30-4;/h5-6,8-9,16,21H,7,10-15,17H2,1-4H3,(H2,24,25,26);1H. The van der Waals surface area contributed by atoms with Crippen LogP contribution in [-0.2, 0) is 11.3 Å². The number of para-hydroxylation sites is 1. The first-order valence-corrected chi connectivity index (χ1v) is 10.9. The molecule has 1 aromatic carbocycles. The lowest BCUT2D eigenvalue weighted by molar-refractivity contribution is 0.155. The third-order valence-electron chi connectivity index (χ3n) is 5.65. The van der Waals surface area contributed by atoms with E-state index < -0.39 is 0 Å². The second-order valence-corrected chi connectivity index (χ2v) is 8.00. The second kappa shape index (κ2) is 13.0. The number of aryl methyl sites for hydroxylation is 2. The fourth-order valence-corrected chi connectivity index (χ4v) is 4.04. The summed E-state index contributed by atoms with van der Waals surface area (Å²) in [6.45, 7) is 9.03. The van der Waals surface area contributed by atoms with Crippen LogP contribution >= 0.6 is 24.0 Å². The highest BCUT2D eigenvalue weighted by Gasteiger charge is 2.19. The van der Waals surface area contributed by atoms with Crippen LogP contribution in [0.5, 0.6) is 0 Å². The molecule has 0 saturated carbocycles. The van der Waals surface area contributed by atoms with Gasteiger partial charge in [0.05, 0.1) is 11.4 Å². The van der Waals surface area contributed by atoms with Crippen LogP contribution in [0.4, 0.5) is 0 Å². The Hall–Kier alpha value is -1.65. The number of nitrogens with zero attached hydrogens (tertiary/aromatic N) is 4. The molecule has 1 aliphatic heterocycles. The number of likely N-dealkylation sites (tertiary alicyclic amines) is 1. The van der Waals surface area contributed by atoms with Gasteiger partial charge in [-0.3, -0.25) is 4.99 Å².